The van der Waals surface area contributed by atoms with Gasteiger partial charge in [0.1, 0.15) is 12.4 Å². The Bertz CT molecular complexity index is 1460. The third-order valence-electron chi connectivity index (χ3n) is 5.17. The van der Waals surface area contributed by atoms with E-state index in [1.54, 1.807) is 42.5 Å². The zero-order valence-corrected chi connectivity index (χ0v) is 23.1. The molecule has 0 saturated carbocycles. The number of hydrogen-bond acceptors (Lipinski definition) is 6. The summed E-state index contributed by atoms with van der Waals surface area (Å²) in [6.07, 6.45) is 1.66. The third-order valence-corrected chi connectivity index (χ3v) is 7.50. The molecule has 1 saturated heterocycles. The van der Waals surface area contributed by atoms with Crippen LogP contribution < -0.4 is 4.74 Å². The SMILES string of the molecule is N#Cc1ccccc1COc1c(I)cc(I)cc1/C=C1/SC(=O)N(Cc2ccccc2C#N)C1=O. The first-order valence-electron chi connectivity index (χ1n) is 10.2. The molecule has 3 aromatic carbocycles. The minimum Gasteiger partial charge on any atom is -0.487 e. The summed E-state index contributed by atoms with van der Waals surface area (Å²) < 4.78 is 7.91. The first-order chi connectivity index (χ1) is 16.9. The number of rotatable bonds is 6. The first-order valence-corrected chi connectivity index (χ1v) is 13.2. The van der Waals surface area contributed by atoms with E-state index in [0.29, 0.717) is 28.0 Å². The molecule has 3 aromatic rings. The number of carbonyl (C=O) groups is 2. The molecule has 1 heterocycles. The molecular formula is C26H15I2N3O3S. The van der Waals surface area contributed by atoms with Gasteiger partial charge in [-0.05, 0) is 92.8 Å². The maximum Gasteiger partial charge on any atom is 0.293 e. The third kappa shape index (κ3) is 5.69. The number of benzene rings is 3. The van der Waals surface area contributed by atoms with Crippen molar-refractivity contribution >= 4 is 74.2 Å². The quantitative estimate of drug-likeness (QED) is 0.217. The largest absolute Gasteiger partial charge is 0.487 e. The molecular weight excluding hydrogens is 688 g/mol. The van der Waals surface area contributed by atoms with Gasteiger partial charge in [0.15, 0.2) is 0 Å². The van der Waals surface area contributed by atoms with Gasteiger partial charge < -0.3 is 4.74 Å². The van der Waals surface area contributed by atoms with Crippen LogP contribution >= 0.6 is 56.9 Å². The van der Waals surface area contributed by atoms with Gasteiger partial charge in [-0.2, -0.15) is 10.5 Å². The van der Waals surface area contributed by atoms with Gasteiger partial charge in [0.05, 0.1) is 38.3 Å². The molecule has 0 unspecified atom stereocenters. The minimum atomic E-state index is -0.414. The molecule has 1 fully saturated rings. The highest BCUT2D eigenvalue weighted by molar-refractivity contribution is 14.1. The average Bonchev–Trinajstić information content (AvgIpc) is 3.11. The van der Waals surface area contributed by atoms with Crippen molar-refractivity contribution in [1.82, 2.24) is 4.90 Å². The van der Waals surface area contributed by atoms with E-state index in [-0.39, 0.29) is 23.3 Å². The molecule has 35 heavy (non-hydrogen) atoms. The summed E-state index contributed by atoms with van der Waals surface area (Å²) in [4.78, 5) is 27.2. The summed E-state index contributed by atoms with van der Waals surface area (Å²) >= 11 is 5.22. The Kier molecular flexibility index (Phi) is 8.11. The predicted molar refractivity (Wildman–Crippen MR) is 150 cm³/mol. The van der Waals surface area contributed by atoms with E-state index < -0.39 is 5.91 Å². The number of amides is 2. The number of carbonyl (C=O) groups excluding carboxylic acids is 2. The van der Waals surface area contributed by atoms with Crippen LogP contribution in [0.4, 0.5) is 4.79 Å². The monoisotopic (exact) mass is 703 g/mol. The van der Waals surface area contributed by atoms with Crippen molar-refractivity contribution in [3.05, 3.63) is 101 Å². The lowest BCUT2D eigenvalue weighted by molar-refractivity contribution is -0.123. The molecule has 0 radical (unpaired) electrons. The Hall–Kier alpha value is -2.87. The van der Waals surface area contributed by atoms with Crippen molar-refractivity contribution in [3.8, 4) is 17.9 Å². The Morgan fingerprint density at radius 2 is 1.57 bits per heavy atom. The summed E-state index contributed by atoms with van der Waals surface area (Å²) in [7, 11) is 0. The fraction of sp³-hybridized carbons (Fsp3) is 0.0769. The zero-order chi connectivity index (χ0) is 24.9. The fourth-order valence-electron chi connectivity index (χ4n) is 3.46. The number of thioether (sulfide) groups is 1. The Balaban J connectivity index is 1.63. The fourth-order valence-corrected chi connectivity index (χ4v) is 6.33. The van der Waals surface area contributed by atoms with Gasteiger partial charge in [-0.15, -0.1) is 0 Å². The molecule has 9 heteroatoms. The highest BCUT2D eigenvalue weighted by Gasteiger charge is 2.35. The average molecular weight is 703 g/mol. The lowest BCUT2D eigenvalue weighted by Crippen LogP contribution is -2.27. The summed E-state index contributed by atoms with van der Waals surface area (Å²) in [5.41, 5.74) is 3.00. The van der Waals surface area contributed by atoms with E-state index in [2.05, 4.69) is 57.3 Å². The summed E-state index contributed by atoms with van der Waals surface area (Å²) in [5.74, 6) is 0.155. The summed E-state index contributed by atoms with van der Waals surface area (Å²) in [6.45, 7) is 0.220. The van der Waals surface area contributed by atoms with E-state index in [0.717, 1.165) is 29.4 Å². The van der Waals surface area contributed by atoms with Crippen molar-refractivity contribution in [2.24, 2.45) is 0 Å². The highest BCUT2D eigenvalue weighted by atomic mass is 127. The lowest BCUT2D eigenvalue weighted by atomic mass is 10.1. The van der Waals surface area contributed by atoms with Crippen LogP contribution in [0.5, 0.6) is 5.75 Å². The number of imide groups is 1. The maximum absolute atomic E-state index is 13.1. The van der Waals surface area contributed by atoms with Crippen LogP contribution in [0, 0.1) is 29.8 Å². The van der Waals surface area contributed by atoms with Crippen molar-refractivity contribution in [1.29, 1.82) is 10.5 Å². The van der Waals surface area contributed by atoms with Gasteiger partial charge in [0.2, 0.25) is 0 Å². The Morgan fingerprint density at radius 1 is 0.943 bits per heavy atom. The van der Waals surface area contributed by atoms with Crippen LogP contribution in [-0.2, 0) is 17.9 Å². The molecule has 2 amide bonds. The number of hydrogen-bond donors (Lipinski definition) is 0. The van der Waals surface area contributed by atoms with Gasteiger partial charge in [-0.25, -0.2) is 0 Å². The highest BCUT2D eigenvalue weighted by Crippen LogP contribution is 2.37. The van der Waals surface area contributed by atoms with Gasteiger partial charge in [0, 0.05) is 14.7 Å². The van der Waals surface area contributed by atoms with Crippen LogP contribution in [0.25, 0.3) is 6.08 Å². The van der Waals surface area contributed by atoms with Gasteiger partial charge >= 0.3 is 0 Å². The van der Waals surface area contributed by atoms with Crippen molar-refractivity contribution in [2.45, 2.75) is 13.2 Å². The predicted octanol–water partition coefficient (Wildman–Crippen LogP) is 6.45. The van der Waals surface area contributed by atoms with Crippen molar-refractivity contribution < 1.29 is 14.3 Å². The zero-order valence-electron chi connectivity index (χ0n) is 18.0. The smallest absolute Gasteiger partial charge is 0.293 e. The molecule has 0 N–H and O–H groups in total. The number of nitrogens with zero attached hydrogens (tertiary/aromatic N) is 3. The van der Waals surface area contributed by atoms with E-state index >= 15 is 0 Å². The summed E-state index contributed by atoms with van der Waals surface area (Å²) in [5, 5.41) is 18.3. The molecule has 6 nitrogen and oxygen atoms in total. The molecule has 0 spiro atoms. The van der Waals surface area contributed by atoms with Crippen molar-refractivity contribution in [3.63, 3.8) is 0 Å². The van der Waals surface area contributed by atoms with Crippen LogP contribution in [0.1, 0.15) is 27.8 Å². The maximum atomic E-state index is 13.1. The second-order valence-corrected chi connectivity index (χ2v) is 10.8. The molecule has 4 rings (SSSR count). The van der Waals surface area contributed by atoms with Crippen LogP contribution in [0.15, 0.2) is 65.6 Å². The molecule has 0 aromatic heterocycles. The second-order valence-electron chi connectivity index (χ2n) is 7.40. The summed E-state index contributed by atoms with van der Waals surface area (Å²) in [6, 6.07) is 22.2. The normalized spacial score (nSPS) is 14.2. The number of nitriles is 2. The molecule has 0 aliphatic carbocycles. The number of halogens is 2. The van der Waals surface area contributed by atoms with E-state index in [4.69, 9.17) is 4.74 Å². The molecule has 1 aliphatic heterocycles. The van der Waals surface area contributed by atoms with Crippen molar-refractivity contribution in [2.75, 3.05) is 0 Å². The Labute approximate surface area is 233 Å². The van der Waals surface area contributed by atoms with E-state index in [1.807, 2.05) is 24.3 Å². The van der Waals surface area contributed by atoms with Gasteiger partial charge in [-0.3, -0.25) is 14.5 Å². The minimum absolute atomic E-state index is 0.0316. The topological polar surface area (TPSA) is 94.2 Å². The number of ether oxygens (including phenoxy) is 1. The molecule has 1 aliphatic rings. The van der Waals surface area contributed by atoms with Crippen LogP contribution in [0.3, 0.4) is 0 Å². The molecule has 172 valence electrons. The van der Waals surface area contributed by atoms with Gasteiger partial charge in [-0.1, -0.05) is 36.4 Å². The van der Waals surface area contributed by atoms with E-state index in [9.17, 15) is 20.1 Å². The molecule has 0 bridgehead atoms. The van der Waals surface area contributed by atoms with Gasteiger partial charge in [0.25, 0.3) is 11.1 Å². The lowest BCUT2D eigenvalue weighted by Gasteiger charge is -2.14. The standard InChI is InChI=1S/C26H15I2N3O3S/c27-21-9-20(24(22(28)11-21)34-15-19-8-4-2-6-17(19)13-30)10-23-25(32)31(26(33)35-23)14-18-7-3-1-5-16(18)12-29/h1-11H,14-15H2/b23-10+. The van der Waals surface area contributed by atoms with Crippen LogP contribution in [0.2, 0.25) is 0 Å². The van der Waals surface area contributed by atoms with Crippen LogP contribution in [-0.4, -0.2) is 16.0 Å². The molecule has 0 atom stereocenters. The first kappa shape index (κ1) is 25.2. The van der Waals surface area contributed by atoms with E-state index in [1.165, 1.54) is 0 Å². The second kappa shape index (κ2) is 11.2. The Morgan fingerprint density at radius 3 is 2.26 bits per heavy atom.